The summed E-state index contributed by atoms with van der Waals surface area (Å²) in [7, 11) is 0. The molecule has 0 fully saturated rings. The van der Waals surface area contributed by atoms with E-state index >= 15 is 0 Å². The number of carbonyl (C=O) groups excluding carboxylic acids is 1. The Hall–Kier alpha value is -0.910. The van der Waals surface area contributed by atoms with Gasteiger partial charge in [-0.2, -0.15) is 0 Å². The van der Waals surface area contributed by atoms with Gasteiger partial charge in [0.2, 0.25) is 0 Å². The fraction of sp³-hybridized carbons (Fsp3) is 0.750. The number of nitrogens with two attached hydrogens (primary N) is 1. The molecular weight excluding hydrogens is 202 g/mol. The van der Waals surface area contributed by atoms with Crippen molar-refractivity contribution in [1.29, 1.82) is 5.41 Å². The molecule has 0 aromatic carbocycles. The lowest BCUT2D eigenvalue weighted by molar-refractivity contribution is 0.145. The molecule has 0 radical (unpaired) electrons. The molecule has 0 saturated carbocycles. The summed E-state index contributed by atoms with van der Waals surface area (Å²) in [6, 6.07) is 0. The summed E-state index contributed by atoms with van der Waals surface area (Å²) in [5, 5.41) is 9.54. The van der Waals surface area contributed by atoms with Crippen LogP contribution in [0.4, 0.5) is 4.79 Å². The van der Waals surface area contributed by atoms with Gasteiger partial charge in [-0.1, -0.05) is 25.1 Å². The number of hydrogen-bond donors (Lipinski definition) is 3. The largest absolute Gasteiger partial charge is 0.450 e. The second-order valence-corrected chi connectivity index (χ2v) is 3.77. The summed E-state index contributed by atoms with van der Waals surface area (Å²) in [6.07, 6.45) is 1.49. The fourth-order valence-electron chi connectivity index (χ4n) is 0.674. The van der Waals surface area contributed by atoms with Crippen LogP contribution in [0.25, 0.3) is 0 Å². The molecule has 0 heterocycles. The van der Waals surface area contributed by atoms with Crippen molar-refractivity contribution >= 4 is 23.0 Å². The van der Waals surface area contributed by atoms with Crippen molar-refractivity contribution in [3.8, 4) is 0 Å². The molecule has 0 aliphatic carbocycles. The molecule has 6 heteroatoms. The van der Waals surface area contributed by atoms with Gasteiger partial charge in [0.25, 0.3) is 0 Å². The third-order valence-electron chi connectivity index (χ3n) is 1.36. The Labute approximate surface area is 88.3 Å². The Kier molecular flexibility index (Phi) is 8.11. The van der Waals surface area contributed by atoms with Gasteiger partial charge in [-0.25, -0.2) is 4.79 Å². The first kappa shape index (κ1) is 13.1. The van der Waals surface area contributed by atoms with E-state index in [4.69, 9.17) is 15.9 Å². The summed E-state index contributed by atoms with van der Waals surface area (Å²) in [4.78, 5) is 10.9. The number of alkyl carbamates (subject to hydrolysis) is 1. The van der Waals surface area contributed by atoms with Crippen LogP contribution in [0.3, 0.4) is 0 Å². The first-order chi connectivity index (χ1) is 6.66. The number of thioether (sulfide) groups is 1. The third-order valence-corrected chi connectivity index (χ3v) is 2.08. The van der Waals surface area contributed by atoms with Gasteiger partial charge in [0.05, 0.1) is 6.61 Å². The van der Waals surface area contributed by atoms with Gasteiger partial charge in [-0.15, -0.1) is 0 Å². The van der Waals surface area contributed by atoms with E-state index in [1.807, 2.05) is 6.92 Å². The molecule has 0 unspecified atom stereocenters. The zero-order chi connectivity index (χ0) is 10.8. The van der Waals surface area contributed by atoms with Crippen molar-refractivity contribution < 1.29 is 9.53 Å². The summed E-state index contributed by atoms with van der Waals surface area (Å²) < 4.78 is 4.85. The van der Waals surface area contributed by atoms with Crippen molar-refractivity contribution in [3.63, 3.8) is 0 Å². The number of carbonyl (C=O) groups is 1. The van der Waals surface area contributed by atoms with Gasteiger partial charge in [0.1, 0.15) is 0 Å². The fourth-order valence-corrected chi connectivity index (χ4v) is 1.10. The van der Waals surface area contributed by atoms with E-state index in [-0.39, 0.29) is 5.17 Å². The zero-order valence-corrected chi connectivity index (χ0v) is 9.15. The van der Waals surface area contributed by atoms with E-state index in [0.29, 0.717) is 18.9 Å². The van der Waals surface area contributed by atoms with E-state index in [0.717, 1.165) is 12.8 Å². The molecule has 1 amide bonds. The Bertz CT molecular complexity index is 187. The molecule has 0 bridgehead atoms. The molecule has 0 atom stereocenters. The Morgan fingerprint density at radius 2 is 2.36 bits per heavy atom. The van der Waals surface area contributed by atoms with Crippen LogP contribution in [0.1, 0.15) is 19.8 Å². The van der Waals surface area contributed by atoms with Crippen LogP contribution in [-0.2, 0) is 4.74 Å². The van der Waals surface area contributed by atoms with Crippen LogP contribution in [0.5, 0.6) is 0 Å². The molecule has 4 N–H and O–H groups in total. The summed E-state index contributed by atoms with van der Waals surface area (Å²) in [5.74, 6) is 0.595. The van der Waals surface area contributed by atoms with Crippen LogP contribution < -0.4 is 11.1 Å². The van der Waals surface area contributed by atoms with Crippen LogP contribution in [-0.4, -0.2) is 30.2 Å². The molecule has 0 saturated heterocycles. The predicted octanol–water partition coefficient (Wildman–Crippen LogP) is 1.14. The number of amidine groups is 1. The van der Waals surface area contributed by atoms with Gasteiger partial charge < -0.3 is 15.8 Å². The second kappa shape index (κ2) is 8.68. The number of unbranched alkanes of at least 4 members (excludes halogenated alkanes) is 1. The van der Waals surface area contributed by atoms with E-state index in [1.165, 1.54) is 11.8 Å². The normalized spacial score (nSPS) is 9.50. The highest BCUT2D eigenvalue weighted by atomic mass is 32.2. The Balaban J connectivity index is 3.22. The highest BCUT2D eigenvalue weighted by Gasteiger charge is 1.99. The minimum Gasteiger partial charge on any atom is -0.450 e. The number of amides is 1. The number of hydrogen-bond acceptors (Lipinski definition) is 4. The number of nitrogens with one attached hydrogen (secondary N) is 2. The van der Waals surface area contributed by atoms with Crippen molar-refractivity contribution in [1.82, 2.24) is 5.32 Å². The standard InChI is InChI=1S/C8H17N3O2S/c1-2-3-5-13-8(12)11-4-6-14-7(9)10/h2-6H2,1H3,(H3,9,10)(H,11,12). The molecule has 14 heavy (non-hydrogen) atoms. The monoisotopic (exact) mass is 219 g/mol. The van der Waals surface area contributed by atoms with Crippen molar-refractivity contribution in [2.45, 2.75) is 19.8 Å². The topological polar surface area (TPSA) is 88.2 Å². The summed E-state index contributed by atoms with van der Waals surface area (Å²) in [6.45, 7) is 2.96. The second-order valence-electron chi connectivity index (χ2n) is 2.63. The lowest BCUT2D eigenvalue weighted by atomic mass is 10.4. The first-order valence-corrected chi connectivity index (χ1v) is 5.52. The third kappa shape index (κ3) is 9.18. The maximum absolute atomic E-state index is 10.9. The highest BCUT2D eigenvalue weighted by molar-refractivity contribution is 8.13. The van der Waals surface area contributed by atoms with Gasteiger partial charge in [0.15, 0.2) is 5.17 Å². The van der Waals surface area contributed by atoms with E-state index in [9.17, 15) is 4.79 Å². The maximum Gasteiger partial charge on any atom is 0.407 e. The smallest absolute Gasteiger partial charge is 0.407 e. The van der Waals surface area contributed by atoms with Gasteiger partial charge >= 0.3 is 6.09 Å². The van der Waals surface area contributed by atoms with Crippen molar-refractivity contribution in [2.75, 3.05) is 18.9 Å². The van der Waals surface area contributed by atoms with Crippen molar-refractivity contribution in [3.05, 3.63) is 0 Å². The van der Waals surface area contributed by atoms with Crippen LogP contribution >= 0.6 is 11.8 Å². The molecule has 0 rings (SSSR count). The minimum atomic E-state index is -0.400. The van der Waals surface area contributed by atoms with Crippen LogP contribution in [0.15, 0.2) is 0 Å². The average Bonchev–Trinajstić information content (AvgIpc) is 2.13. The molecule has 5 nitrogen and oxygen atoms in total. The highest BCUT2D eigenvalue weighted by Crippen LogP contribution is 1.95. The molecule has 0 aliphatic rings. The quantitative estimate of drug-likeness (QED) is 0.355. The number of ether oxygens (including phenoxy) is 1. The molecule has 0 spiro atoms. The zero-order valence-electron chi connectivity index (χ0n) is 8.34. The van der Waals surface area contributed by atoms with E-state index in [2.05, 4.69) is 5.32 Å². The first-order valence-electron chi connectivity index (χ1n) is 4.54. The average molecular weight is 219 g/mol. The van der Waals surface area contributed by atoms with E-state index < -0.39 is 6.09 Å². The lowest BCUT2D eigenvalue weighted by Crippen LogP contribution is -2.27. The van der Waals surface area contributed by atoms with Gasteiger partial charge in [0, 0.05) is 12.3 Å². The van der Waals surface area contributed by atoms with E-state index in [1.54, 1.807) is 0 Å². The molecule has 82 valence electrons. The minimum absolute atomic E-state index is 0.0613. The molecule has 0 aliphatic heterocycles. The lowest BCUT2D eigenvalue weighted by Gasteiger charge is -2.05. The van der Waals surface area contributed by atoms with Crippen LogP contribution in [0, 0.1) is 5.41 Å². The Morgan fingerprint density at radius 3 is 2.93 bits per heavy atom. The SMILES string of the molecule is CCCCOC(=O)NCCSC(=N)N. The maximum atomic E-state index is 10.9. The molecule has 0 aromatic heterocycles. The molecule has 0 aromatic rings. The summed E-state index contributed by atoms with van der Waals surface area (Å²) >= 11 is 1.19. The number of rotatable bonds is 6. The van der Waals surface area contributed by atoms with Gasteiger partial charge in [-0.3, -0.25) is 5.41 Å². The molecular formula is C8H17N3O2S. The predicted molar refractivity (Wildman–Crippen MR) is 58.6 cm³/mol. The Morgan fingerprint density at radius 1 is 1.64 bits per heavy atom. The summed E-state index contributed by atoms with van der Waals surface area (Å²) in [5.41, 5.74) is 5.11. The van der Waals surface area contributed by atoms with Gasteiger partial charge in [-0.05, 0) is 6.42 Å². The van der Waals surface area contributed by atoms with Crippen molar-refractivity contribution in [2.24, 2.45) is 5.73 Å². The van der Waals surface area contributed by atoms with Crippen LogP contribution in [0.2, 0.25) is 0 Å².